The Balaban J connectivity index is -0.000000108. The Morgan fingerprint density at radius 1 is 0.263 bits per heavy atom. The largest absolute Gasteiger partial charge is 2.00 e. The predicted octanol–water partition coefficient (Wildman–Crippen LogP) is 22.0. The summed E-state index contributed by atoms with van der Waals surface area (Å²) < 4.78 is 37.5. The zero-order valence-electron chi connectivity index (χ0n) is 57.4. The van der Waals surface area contributed by atoms with Gasteiger partial charge in [-0.1, -0.05) is 86.8 Å². The van der Waals surface area contributed by atoms with Crippen molar-refractivity contribution in [3.8, 4) is 0 Å². The fraction of sp³-hybridized carbons (Fsp3) is 0.723. The van der Waals surface area contributed by atoms with E-state index in [1.165, 1.54) is 122 Å². The Bertz CT molecular complexity index is 1360. The Morgan fingerprint density at radius 2 is 0.463 bits per heavy atom. The smallest absolute Gasteiger partial charge is 0.412 e. The maximum Gasteiger partial charge on any atom is 2.00 e. The molecule has 0 bridgehead atoms. The van der Waals surface area contributed by atoms with Crippen molar-refractivity contribution in [2.75, 3.05) is 0 Å². The van der Waals surface area contributed by atoms with Crippen LogP contribution in [-0.4, -0.2) is 86.5 Å². The fourth-order valence-corrected chi connectivity index (χ4v) is 16.3. The topological polar surface area (TPSA) is 55.4 Å². The van der Waals surface area contributed by atoms with Crippen LogP contribution in [0.5, 0.6) is 0 Å². The van der Waals surface area contributed by atoms with E-state index >= 15 is 0 Å². The fourth-order valence-electron chi connectivity index (χ4n) is 9.29. The number of rotatable bonds is 12. The molecule has 0 aliphatic heterocycles. The Morgan fingerprint density at radius 3 is 0.675 bits per heavy atom. The van der Waals surface area contributed by atoms with Crippen LogP contribution in [-0.2, 0) is 76.9 Å². The van der Waals surface area contributed by atoms with E-state index in [-0.39, 0.29) is 94.9 Å². The van der Waals surface area contributed by atoms with E-state index in [0.29, 0.717) is 42.5 Å². The second-order valence-corrected chi connectivity index (χ2v) is 53.7. The van der Waals surface area contributed by atoms with Crippen molar-refractivity contribution in [3.05, 3.63) is 117 Å². The van der Waals surface area contributed by atoms with Gasteiger partial charge < -0.3 is 71.1 Å². The monoisotopic (exact) mass is 1360 g/mol. The van der Waals surface area contributed by atoms with Crippen molar-refractivity contribution in [1.29, 1.82) is 0 Å². The third kappa shape index (κ3) is 59.4. The molecule has 3 fully saturated rings. The molecule has 3 radical (unpaired) electrons. The molecule has 483 valence electrons. The summed E-state index contributed by atoms with van der Waals surface area (Å²) in [5, 5.41) is 0. The molecule has 0 heterocycles. The molecule has 80 heavy (non-hydrogen) atoms. The molecular weight excluding hydrogens is 1220 g/mol. The van der Waals surface area contributed by atoms with Crippen molar-refractivity contribution >= 4 is 49.9 Å². The molecular formula is C65H136Co3O6Si6. The zero-order chi connectivity index (χ0) is 53.8. The minimum atomic E-state index is -1.45. The van der Waals surface area contributed by atoms with Crippen LogP contribution in [0.1, 0.15) is 136 Å². The first-order chi connectivity index (χ1) is 32.8. The van der Waals surface area contributed by atoms with Crippen LogP contribution in [0.3, 0.4) is 0 Å². The van der Waals surface area contributed by atoms with Gasteiger partial charge in [0.25, 0.3) is 0 Å². The van der Waals surface area contributed by atoms with Crippen molar-refractivity contribution in [2.45, 2.75) is 290 Å². The van der Waals surface area contributed by atoms with Crippen molar-refractivity contribution in [3.63, 3.8) is 0 Å². The van der Waals surface area contributed by atoms with Crippen LogP contribution in [0.4, 0.5) is 0 Å². The zero-order valence-corrected chi connectivity index (χ0v) is 66.6. The van der Waals surface area contributed by atoms with Crippen LogP contribution in [0.15, 0.2) is 72.9 Å². The van der Waals surface area contributed by atoms with Crippen LogP contribution >= 0.6 is 0 Å². The van der Waals surface area contributed by atoms with Crippen LogP contribution in [0.2, 0.25) is 118 Å². The van der Waals surface area contributed by atoms with E-state index in [9.17, 15) is 0 Å². The normalized spacial score (nSPS) is 25.4. The molecule has 0 spiro atoms. The Labute approximate surface area is 542 Å². The van der Waals surface area contributed by atoms with Gasteiger partial charge >= 0.3 is 50.3 Å². The molecule has 0 aromatic heterocycles. The van der Waals surface area contributed by atoms with Crippen molar-refractivity contribution < 1.29 is 76.9 Å². The first-order valence-electron chi connectivity index (χ1n) is 28.8. The summed E-state index contributed by atoms with van der Waals surface area (Å²) in [7, 11) is -8.55. The molecule has 0 aromatic rings. The molecule has 6 aliphatic rings. The van der Waals surface area contributed by atoms with E-state index in [4.69, 9.17) is 26.6 Å². The van der Waals surface area contributed by atoms with Gasteiger partial charge in [0, 0.05) is 0 Å². The summed E-state index contributed by atoms with van der Waals surface area (Å²) in [5.74, 6) is 1.41. The predicted molar refractivity (Wildman–Crippen MR) is 369 cm³/mol. The number of hydrogen-bond acceptors (Lipinski definition) is 6. The molecule has 15 heteroatoms. The maximum absolute atomic E-state index is 6.31. The average Bonchev–Trinajstić information content (AvgIpc) is 3.81. The number of allylic oxidation sites excluding steroid dienone is 12. The first-order valence-corrected chi connectivity index (χ1v) is 49.2. The molecule has 0 aromatic carbocycles. The van der Waals surface area contributed by atoms with E-state index < -0.39 is 49.9 Å². The van der Waals surface area contributed by atoms with E-state index in [2.05, 4.69) is 205 Å². The summed E-state index contributed by atoms with van der Waals surface area (Å²) in [6.45, 7) is 45.4. The first kappa shape index (κ1) is 100. The van der Waals surface area contributed by atoms with Crippen LogP contribution < -0.4 is 0 Å². The van der Waals surface area contributed by atoms with Gasteiger partial charge in [0.15, 0.2) is 49.9 Å². The van der Waals surface area contributed by atoms with Gasteiger partial charge in [-0.25, -0.2) is 0 Å². The molecule has 7 atom stereocenters. The quantitative estimate of drug-likeness (QED) is 0.110. The van der Waals surface area contributed by atoms with Crippen molar-refractivity contribution in [1.82, 2.24) is 0 Å². The third-order valence-corrected chi connectivity index (χ3v) is 18.0. The van der Waals surface area contributed by atoms with Gasteiger partial charge in [0.2, 0.25) is 0 Å². The van der Waals surface area contributed by atoms with Gasteiger partial charge in [0.05, 0.1) is 36.6 Å². The third-order valence-electron chi connectivity index (χ3n) is 11.9. The molecule has 6 rings (SSSR count). The summed E-state index contributed by atoms with van der Waals surface area (Å²) in [6, 6.07) is 0. The summed E-state index contributed by atoms with van der Waals surface area (Å²) >= 11 is 0. The van der Waals surface area contributed by atoms with E-state index in [1.807, 2.05) is 0 Å². The summed E-state index contributed by atoms with van der Waals surface area (Å²) in [5.41, 5.74) is 0. The summed E-state index contributed by atoms with van der Waals surface area (Å²) in [6.07, 6.45) is 52.6. The van der Waals surface area contributed by atoms with E-state index in [1.54, 1.807) is 0 Å². The molecule has 6 aliphatic carbocycles. The molecule has 0 N–H and O–H groups in total. The second kappa shape index (κ2) is 52.0. The second-order valence-electron chi connectivity index (χ2n) is 26.9. The van der Waals surface area contributed by atoms with Gasteiger partial charge in [0.1, 0.15) is 0 Å². The number of hydrogen-bond donors (Lipinski definition) is 0. The van der Waals surface area contributed by atoms with Crippen LogP contribution in [0.25, 0.3) is 0 Å². The SMILES string of the molecule is C1=CCC/C=C\CC1.C1=CCC/C=C\CC1.C1=CCC/C=C\CC1.CC1CC(O[Si](C)(C)C)C(O[Si](C)(C)C)C1.CC1CCC(O[Si](C)(C)C)C1O[Si](C)(C)C.C[Si](C)(C)OC1CCCC1O[Si](C)(C)C.[CH3-].[CH3-].[CH3-].[CH3-].[CH3-].[CH3-].[Co+2].[Co+2].[Co+2]. The molecule has 0 saturated heterocycles. The van der Waals surface area contributed by atoms with Crippen LogP contribution in [0, 0.1) is 56.4 Å². The Hall–Kier alpha value is 1.02. The standard InChI is InChI=1S/2C12H28O2Si2.C11H26O2Si2.3C8H12.6CH3.3Co/c1-10-8-11(13-15(2,3)4)12(9-10)14-16(5,6)7;1-10-8-9-11(13-15(2,3)4)12(10)14-16(5,6)7;1-14(2,3)12-10-8-7-9-11(10)13-15(4,5)6;3*1-2-4-6-8-7-5-3-1;;;;;;;;;/h2*10-12H,8-9H2,1-7H3;10-11H,7-9H2,1-6H3;3*1-2,7-8H,3-6H2;6*1H3;;;/q;;;;;;6*-1;3*+2/b;;;3*2-1-,8-7?;;;;;;;;;. The van der Waals surface area contributed by atoms with Gasteiger partial charge in [-0.2, -0.15) is 0 Å². The van der Waals surface area contributed by atoms with Gasteiger partial charge in [-0.3, -0.25) is 0 Å². The van der Waals surface area contributed by atoms with Gasteiger partial charge in [-0.05, 0) is 252 Å². The average molecular weight is 1360 g/mol. The maximum atomic E-state index is 6.31. The van der Waals surface area contributed by atoms with E-state index in [0.717, 1.165) is 5.92 Å². The molecule has 0 amide bonds. The van der Waals surface area contributed by atoms with Crippen molar-refractivity contribution in [2.24, 2.45) is 11.8 Å². The Kier molecular flexibility index (Phi) is 65.0. The summed E-state index contributed by atoms with van der Waals surface area (Å²) in [4.78, 5) is 0. The minimum absolute atomic E-state index is 0. The minimum Gasteiger partial charge on any atom is -0.412 e. The van der Waals surface area contributed by atoms with Gasteiger partial charge in [-0.15, -0.1) is 0 Å². The molecule has 7 unspecified atom stereocenters. The molecule has 3 saturated carbocycles. The molecule has 6 nitrogen and oxygen atoms in total.